The molecule has 4 aromatic rings. The molecule has 5 rings (SSSR count). The average Bonchev–Trinajstić information content (AvgIpc) is 3.43. The number of ether oxygens (including phenoxy) is 1. The summed E-state index contributed by atoms with van der Waals surface area (Å²) >= 11 is 0. The lowest BCUT2D eigenvalue weighted by atomic mass is 10.0. The van der Waals surface area contributed by atoms with Crippen LogP contribution in [0.1, 0.15) is 17.0 Å². The van der Waals surface area contributed by atoms with Gasteiger partial charge in [-0.25, -0.2) is 4.68 Å². The molecule has 0 spiro atoms. The number of amides is 1. The lowest BCUT2D eigenvalue weighted by Crippen LogP contribution is -2.29. The molecular formula is C24H20N4O2. The Hall–Kier alpha value is -3.93. The fraction of sp³-hybridized carbons (Fsp3) is 0.125. The van der Waals surface area contributed by atoms with Gasteiger partial charge in [-0.1, -0.05) is 36.4 Å². The SMILES string of the molecule is O=C(NCc1cn(-c2ccccc2)nc1-c1ccncc1)C1COc2ccccc21. The molecule has 2 aromatic heterocycles. The third kappa shape index (κ3) is 3.43. The Morgan fingerprint density at radius 3 is 2.63 bits per heavy atom. The van der Waals surface area contributed by atoms with Gasteiger partial charge in [-0.05, 0) is 30.3 Å². The summed E-state index contributed by atoms with van der Waals surface area (Å²) in [6.07, 6.45) is 5.45. The second-order valence-corrected chi connectivity index (χ2v) is 7.14. The number of pyridine rings is 1. The lowest BCUT2D eigenvalue weighted by molar-refractivity contribution is -0.122. The number of nitrogens with one attached hydrogen (secondary N) is 1. The Morgan fingerprint density at radius 2 is 1.80 bits per heavy atom. The summed E-state index contributed by atoms with van der Waals surface area (Å²) in [5.41, 5.74) is 4.61. The first-order valence-corrected chi connectivity index (χ1v) is 9.83. The van der Waals surface area contributed by atoms with Crippen molar-refractivity contribution in [1.82, 2.24) is 20.1 Å². The van der Waals surface area contributed by atoms with Crippen molar-refractivity contribution < 1.29 is 9.53 Å². The number of carbonyl (C=O) groups is 1. The van der Waals surface area contributed by atoms with E-state index in [4.69, 9.17) is 9.84 Å². The summed E-state index contributed by atoms with van der Waals surface area (Å²) in [6, 6.07) is 21.4. The Labute approximate surface area is 174 Å². The zero-order valence-corrected chi connectivity index (χ0v) is 16.2. The topological polar surface area (TPSA) is 69.0 Å². The van der Waals surface area contributed by atoms with E-state index in [2.05, 4.69) is 10.3 Å². The molecule has 1 N–H and O–H groups in total. The Morgan fingerprint density at radius 1 is 1.03 bits per heavy atom. The minimum absolute atomic E-state index is 0.0481. The lowest BCUT2D eigenvalue weighted by Gasteiger charge is -2.10. The number of fused-ring (bicyclic) bond motifs is 1. The predicted molar refractivity (Wildman–Crippen MR) is 113 cm³/mol. The van der Waals surface area contributed by atoms with Crippen molar-refractivity contribution in [2.75, 3.05) is 6.61 Å². The van der Waals surface area contributed by atoms with Gasteiger partial charge in [0, 0.05) is 41.8 Å². The maximum atomic E-state index is 12.9. The molecule has 0 fully saturated rings. The number of aromatic nitrogens is 3. The first kappa shape index (κ1) is 18.1. The Balaban J connectivity index is 1.41. The van der Waals surface area contributed by atoms with E-state index in [1.807, 2.05) is 77.6 Å². The zero-order chi connectivity index (χ0) is 20.3. The molecule has 6 heteroatoms. The maximum Gasteiger partial charge on any atom is 0.231 e. The summed E-state index contributed by atoms with van der Waals surface area (Å²) < 4.78 is 7.49. The summed E-state index contributed by atoms with van der Waals surface area (Å²) in [5.74, 6) is 0.440. The van der Waals surface area contributed by atoms with Crippen LogP contribution in [0.5, 0.6) is 5.75 Å². The second kappa shape index (κ2) is 7.83. The first-order chi connectivity index (χ1) is 14.8. The molecule has 3 heterocycles. The van der Waals surface area contributed by atoms with E-state index < -0.39 is 0 Å². The van der Waals surface area contributed by atoms with Crippen LogP contribution in [0.4, 0.5) is 0 Å². The van der Waals surface area contributed by atoms with Crippen LogP contribution in [-0.2, 0) is 11.3 Å². The molecule has 1 atom stereocenters. The number of hydrogen-bond donors (Lipinski definition) is 1. The van der Waals surface area contributed by atoms with Gasteiger partial charge in [-0.3, -0.25) is 9.78 Å². The van der Waals surface area contributed by atoms with E-state index in [0.29, 0.717) is 13.2 Å². The predicted octanol–water partition coefficient (Wildman–Crippen LogP) is 3.73. The van der Waals surface area contributed by atoms with Crippen LogP contribution in [0.2, 0.25) is 0 Å². The zero-order valence-electron chi connectivity index (χ0n) is 16.2. The third-order valence-corrected chi connectivity index (χ3v) is 5.23. The standard InChI is InChI=1S/C24H20N4O2/c29-24(21-16-30-22-9-5-4-8-20(21)22)26-14-18-15-28(19-6-2-1-3-7-19)27-23(18)17-10-12-25-13-11-17/h1-13,15,21H,14,16H2,(H,26,29). The van der Waals surface area contributed by atoms with Gasteiger partial charge in [0.15, 0.2) is 0 Å². The normalized spacial score (nSPS) is 14.7. The molecule has 148 valence electrons. The van der Waals surface area contributed by atoms with Gasteiger partial charge in [0.25, 0.3) is 0 Å². The van der Waals surface area contributed by atoms with Crippen LogP contribution in [0, 0.1) is 0 Å². The molecule has 1 unspecified atom stereocenters. The monoisotopic (exact) mass is 396 g/mol. The molecule has 30 heavy (non-hydrogen) atoms. The van der Waals surface area contributed by atoms with Gasteiger partial charge < -0.3 is 10.1 Å². The number of rotatable bonds is 5. The second-order valence-electron chi connectivity index (χ2n) is 7.14. The minimum Gasteiger partial charge on any atom is -0.492 e. The highest BCUT2D eigenvalue weighted by Gasteiger charge is 2.30. The van der Waals surface area contributed by atoms with E-state index in [0.717, 1.165) is 33.8 Å². The smallest absolute Gasteiger partial charge is 0.231 e. The summed E-state index contributed by atoms with van der Waals surface area (Å²) in [5, 5.41) is 7.84. The van der Waals surface area contributed by atoms with Gasteiger partial charge >= 0.3 is 0 Å². The molecule has 0 saturated carbocycles. The minimum atomic E-state index is -0.297. The van der Waals surface area contributed by atoms with Crippen molar-refractivity contribution in [3.63, 3.8) is 0 Å². The van der Waals surface area contributed by atoms with E-state index in [-0.39, 0.29) is 11.8 Å². The quantitative estimate of drug-likeness (QED) is 0.558. The van der Waals surface area contributed by atoms with Crippen molar-refractivity contribution >= 4 is 5.91 Å². The third-order valence-electron chi connectivity index (χ3n) is 5.23. The van der Waals surface area contributed by atoms with Gasteiger partial charge in [0.05, 0.1) is 11.4 Å². The van der Waals surface area contributed by atoms with Crippen LogP contribution in [0.25, 0.3) is 16.9 Å². The van der Waals surface area contributed by atoms with Crippen LogP contribution in [-0.4, -0.2) is 27.3 Å². The highest BCUT2D eigenvalue weighted by molar-refractivity contribution is 5.85. The van der Waals surface area contributed by atoms with E-state index in [9.17, 15) is 4.79 Å². The fourth-order valence-corrected chi connectivity index (χ4v) is 3.69. The molecule has 2 aromatic carbocycles. The van der Waals surface area contributed by atoms with E-state index >= 15 is 0 Å². The van der Waals surface area contributed by atoms with Crippen LogP contribution >= 0.6 is 0 Å². The van der Waals surface area contributed by atoms with Gasteiger partial charge in [-0.2, -0.15) is 5.10 Å². The molecule has 0 bridgehead atoms. The van der Waals surface area contributed by atoms with Crippen molar-refractivity contribution in [2.45, 2.75) is 12.5 Å². The van der Waals surface area contributed by atoms with Crippen molar-refractivity contribution in [2.24, 2.45) is 0 Å². The van der Waals surface area contributed by atoms with Crippen molar-refractivity contribution in [1.29, 1.82) is 0 Å². The molecule has 1 aliphatic rings. The number of carbonyl (C=O) groups excluding carboxylic acids is 1. The van der Waals surface area contributed by atoms with E-state index in [1.54, 1.807) is 12.4 Å². The van der Waals surface area contributed by atoms with E-state index in [1.165, 1.54) is 0 Å². The molecule has 1 amide bonds. The van der Waals surface area contributed by atoms with Gasteiger partial charge in [-0.15, -0.1) is 0 Å². The Bertz CT molecular complexity index is 1170. The summed E-state index contributed by atoms with van der Waals surface area (Å²) in [6.45, 7) is 0.744. The highest BCUT2D eigenvalue weighted by atomic mass is 16.5. The highest BCUT2D eigenvalue weighted by Crippen LogP contribution is 2.33. The fourth-order valence-electron chi connectivity index (χ4n) is 3.69. The number of para-hydroxylation sites is 2. The summed E-state index contributed by atoms with van der Waals surface area (Å²) in [4.78, 5) is 17.0. The van der Waals surface area contributed by atoms with Crippen molar-refractivity contribution in [3.8, 4) is 22.7 Å². The average molecular weight is 396 g/mol. The number of nitrogens with zero attached hydrogens (tertiary/aromatic N) is 3. The molecule has 6 nitrogen and oxygen atoms in total. The van der Waals surface area contributed by atoms with Gasteiger partial charge in [0.1, 0.15) is 18.3 Å². The summed E-state index contributed by atoms with van der Waals surface area (Å²) in [7, 11) is 0. The molecular weight excluding hydrogens is 376 g/mol. The van der Waals surface area contributed by atoms with Crippen LogP contribution in [0.15, 0.2) is 85.3 Å². The Kier molecular flexibility index (Phi) is 4.73. The molecule has 0 saturated heterocycles. The largest absolute Gasteiger partial charge is 0.492 e. The van der Waals surface area contributed by atoms with Crippen molar-refractivity contribution in [3.05, 3.63) is 96.4 Å². The first-order valence-electron chi connectivity index (χ1n) is 9.83. The van der Waals surface area contributed by atoms with Crippen LogP contribution in [0.3, 0.4) is 0 Å². The molecule has 0 aliphatic carbocycles. The molecule has 0 radical (unpaired) electrons. The van der Waals surface area contributed by atoms with Crippen LogP contribution < -0.4 is 10.1 Å². The number of hydrogen-bond acceptors (Lipinski definition) is 4. The van der Waals surface area contributed by atoms with Gasteiger partial charge in [0.2, 0.25) is 5.91 Å². The molecule has 1 aliphatic heterocycles. The number of benzene rings is 2. The maximum absolute atomic E-state index is 12.9.